The summed E-state index contributed by atoms with van der Waals surface area (Å²) in [5, 5.41) is 3.21. The molecule has 0 spiro atoms. The maximum atomic E-state index is 10.6. The van der Waals surface area contributed by atoms with Crippen LogP contribution in [0.25, 0.3) is 0 Å². The van der Waals surface area contributed by atoms with E-state index in [9.17, 15) is 14.3 Å². The summed E-state index contributed by atoms with van der Waals surface area (Å²) in [5.74, 6) is 0. The minimum atomic E-state index is -3.58. The van der Waals surface area contributed by atoms with E-state index in [1.165, 1.54) is 6.92 Å². The molecule has 0 saturated carbocycles. The molecule has 0 aromatic heterocycles. The van der Waals surface area contributed by atoms with Crippen molar-refractivity contribution in [2.45, 2.75) is 6.92 Å². The maximum Gasteiger partial charge on any atom is 1.00 e. The third-order valence-electron chi connectivity index (χ3n) is 0.916. The molecule has 6 nitrogen and oxygen atoms in total. The number of nitrogens with zero attached hydrogens (tertiary/aromatic N) is 1. The topological polar surface area (TPSA) is 108 Å². The molecule has 0 aromatic rings. The first-order valence-electron chi connectivity index (χ1n) is 2.73. The second-order valence-electron chi connectivity index (χ2n) is 1.98. The molecule has 0 rings (SSSR count). The Morgan fingerprint density at radius 2 is 2.08 bits per heavy atom. The number of nitrogens with one attached hydrogen (secondary N) is 1. The van der Waals surface area contributed by atoms with Crippen LogP contribution in [0.1, 0.15) is 6.92 Å². The molecule has 0 aliphatic heterocycles. The largest absolute Gasteiger partial charge is 1.00 e. The summed E-state index contributed by atoms with van der Waals surface area (Å²) in [6.45, 7) is 2.28. The van der Waals surface area contributed by atoms with Gasteiger partial charge in [-0.3, -0.25) is 0 Å². The summed E-state index contributed by atoms with van der Waals surface area (Å²) >= 11 is 0. The summed E-state index contributed by atoms with van der Waals surface area (Å²) < 4.78 is 10.6. The Kier molecular flexibility index (Phi) is 6.98. The van der Waals surface area contributed by atoms with E-state index < -0.39 is 13.4 Å². The number of hydrogen-bond donors (Lipinski definition) is 2. The van der Waals surface area contributed by atoms with Crippen LogP contribution in [0.3, 0.4) is 0 Å². The molecule has 0 radical (unpaired) electrons. The molecule has 0 aliphatic carbocycles. The number of hydrazone groups is 1. The fourth-order valence-electron chi connectivity index (χ4n) is 0.227. The summed E-state index contributed by atoms with van der Waals surface area (Å²) in [5.41, 5.74) is 6.29. The Hall–Kier alpha value is 0.130. The molecular weight excluding hydrogens is 192 g/mol. The number of hydrogen-bond acceptors (Lipinski definition) is 4. The van der Waals surface area contributed by atoms with E-state index in [2.05, 4.69) is 10.8 Å². The fourth-order valence-corrected chi connectivity index (χ4v) is 0.458. The van der Waals surface area contributed by atoms with Gasteiger partial charge in [-0.05, 0) is 13.6 Å². The summed E-state index contributed by atoms with van der Waals surface area (Å²) in [6.07, 6.45) is 0. The number of rotatable bonds is 2. The SMILES string of the molecule is CC(=NNC(N)=O)P(C)(=O)[O-].[Na+]. The minimum absolute atomic E-state index is 0. The van der Waals surface area contributed by atoms with Gasteiger partial charge in [-0.15, -0.1) is 0 Å². The van der Waals surface area contributed by atoms with Gasteiger partial charge in [0.2, 0.25) is 0 Å². The Bertz CT molecular complexity index is 236. The van der Waals surface area contributed by atoms with E-state index in [0.29, 0.717) is 0 Å². The molecule has 2 amide bonds. The molecule has 12 heavy (non-hydrogen) atoms. The Morgan fingerprint density at radius 1 is 1.67 bits per heavy atom. The van der Waals surface area contributed by atoms with Crippen LogP contribution in [0.5, 0.6) is 0 Å². The molecule has 0 aromatic carbocycles. The average molecular weight is 201 g/mol. The van der Waals surface area contributed by atoms with Crippen molar-refractivity contribution >= 4 is 18.9 Å². The smallest absolute Gasteiger partial charge is 0.795 e. The maximum absolute atomic E-state index is 10.6. The predicted molar refractivity (Wildman–Crippen MR) is 39.4 cm³/mol. The molecule has 1 atom stereocenters. The molecule has 64 valence electrons. The van der Waals surface area contributed by atoms with Gasteiger partial charge in [-0.1, -0.05) is 0 Å². The van der Waals surface area contributed by atoms with Crippen LogP contribution in [0.2, 0.25) is 0 Å². The third-order valence-corrected chi connectivity index (χ3v) is 2.19. The fraction of sp³-hybridized carbons (Fsp3) is 0.500. The van der Waals surface area contributed by atoms with Crippen molar-refractivity contribution in [1.29, 1.82) is 0 Å². The van der Waals surface area contributed by atoms with Crippen molar-refractivity contribution in [1.82, 2.24) is 5.43 Å². The van der Waals surface area contributed by atoms with Crippen molar-refractivity contribution in [2.24, 2.45) is 10.8 Å². The van der Waals surface area contributed by atoms with Gasteiger partial charge in [0.25, 0.3) is 0 Å². The van der Waals surface area contributed by atoms with Gasteiger partial charge in [0.15, 0.2) is 0 Å². The van der Waals surface area contributed by atoms with E-state index in [1.807, 2.05) is 0 Å². The van der Waals surface area contributed by atoms with Gasteiger partial charge in [-0.2, -0.15) is 5.10 Å². The molecule has 1 unspecified atom stereocenters. The molecule has 0 saturated heterocycles. The zero-order chi connectivity index (χ0) is 9.07. The van der Waals surface area contributed by atoms with E-state index >= 15 is 0 Å². The second kappa shape index (κ2) is 5.72. The number of carbonyl (C=O) groups is 1. The van der Waals surface area contributed by atoms with E-state index in [1.54, 1.807) is 5.43 Å². The van der Waals surface area contributed by atoms with Gasteiger partial charge in [0, 0.05) is 0 Å². The van der Waals surface area contributed by atoms with E-state index in [0.717, 1.165) is 6.66 Å². The van der Waals surface area contributed by atoms with Crippen molar-refractivity contribution in [2.75, 3.05) is 6.66 Å². The van der Waals surface area contributed by atoms with Gasteiger partial charge in [0.1, 0.15) is 0 Å². The predicted octanol–water partition coefficient (Wildman–Crippen LogP) is -3.74. The molecule has 8 heteroatoms. The summed E-state index contributed by atoms with van der Waals surface area (Å²) in [4.78, 5) is 20.7. The van der Waals surface area contributed by atoms with Crippen LogP contribution in [-0.2, 0) is 4.57 Å². The van der Waals surface area contributed by atoms with Crippen LogP contribution in [0, 0.1) is 0 Å². The van der Waals surface area contributed by atoms with Gasteiger partial charge in [0.05, 0.1) is 12.8 Å². The molecule has 3 N–H and O–H groups in total. The Morgan fingerprint density at radius 3 is 2.33 bits per heavy atom. The van der Waals surface area contributed by atoms with E-state index in [4.69, 9.17) is 0 Å². The van der Waals surface area contributed by atoms with Gasteiger partial charge < -0.3 is 15.2 Å². The monoisotopic (exact) mass is 201 g/mol. The number of primary amides is 1. The zero-order valence-electron chi connectivity index (χ0n) is 7.20. The Labute approximate surface area is 92.3 Å². The molecule has 0 aliphatic rings. The van der Waals surface area contributed by atoms with Crippen molar-refractivity contribution in [3.8, 4) is 0 Å². The van der Waals surface area contributed by atoms with Crippen molar-refractivity contribution < 1.29 is 43.8 Å². The zero-order valence-corrected chi connectivity index (χ0v) is 10.1. The van der Waals surface area contributed by atoms with Crippen LogP contribution in [0.15, 0.2) is 5.10 Å². The van der Waals surface area contributed by atoms with Crippen LogP contribution in [-0.4, -0.2) is 18.1 Å². The standard InChI is InChI=1S/C4H10N3O3P.Na/c1-3(11(2,9)10)6-7-4(5)8;/h1-2H3,(H,9,10)(H3,5,7,8);/q;+1/p-1. The Balaban J connectivity index is 0. The van der Waals surface area contributed by atoms with Crippen molar-refractivity contribution in [3.63, 3.8) is 0 Å². The first kappa shape index (κ1) is 14.6. The van der Waals surface area contributed by atoms with Crippen molar-refractivity contribution in [3.05, 3.63) is 0 Å². The minimum Gasteiger partial charge on any atom is -0.795 e. The number of nitrogens with two attached hydrogens (primary N) is 1. The molecular formula is C4H9N3NaO3P. The van der Waals surface area contributed by atoms with E-state index in [-0.39, 0.29) is 35.0 Å². The van der Waals surface area contributed by atoms with Crippen LogP contribution >= 0.6 is 7.37 Å². The molecule has 0 heterocycles. The van der Waals surface area contributed by atoms with Gasteiger partial charge >= 0.3 is 35.6 Å². The quantitative estimate of drug-likeness (QED) is 0.207. The second-order valence-corrected chi connectivity index (χ2v) is 4.32. The third kappa shape index (κ3) is 6.82. The molecule has 0 fully saturated rings. The van der Waals surface area contributed by atoms with Gasteiger partial charge in [-0.25, -0.2) is 10.2 Å². The number of carbonyl (C=O) groups excluding carboxylic acids is 1. The normalized spacial score (nSPS) is 15.8. The average Bonchev–Trinajstić information content (AvgIpc) is 1.80. The van der Waals surface area contributed by atoms with Crippen LogP contribution in [0.4, 0.5) is 4.79 Å². The van der Waals surface area contributed by atoms with Crippen LogP contribution < -0.4 is 45.6 Å². The first-order valence-corrected chi connectivity index (χ1v) is 4.80. The number of urea groups is 1. The molecule has 0 bridgehead atoms. The first-order chi connectivity index (χ1) is 4.84. The summed E-state index contributed by atoms with van der Waals surface area (Å²) in [7, 11) is -3.58. The number of amides is 2. The summed E-state index contributed by atoms with van der Waals surface area (Å²) in [6, 6.07) is -0.891.